The average molecular weight is 400 g/mol. The maximum Gasteiger partial charge on any atom is 0.258 e. The zero-order valence-corrected chi connectivity index (χ0v) is 16.0. The molecule has 0 spiro atoms. The molecule has 0 radical (unpaired) electrons. The van der Waals surface area contributed by atoms with E-state index in [1.807, 2.05) is 12.1 Å². The van der Waals surface area contributed by atoms with E-state index in [-0.39, 0.29) is 22.6 Å². The van der Waals surface area contributed by atoms with E-state index in [9.17, 15) is 18.0 Å². The molecule has 8 nitrogen and oxygen atoms in total. The molecule has 0 unspecified atom stereocenters. The number of anilines is 1. The van der Waals surface area contributed by atoms with Gasteiger partial charge < -0.3 is 4.90 Å². The van der Waals surface area contributed by atoms with Gasteiger partial charge in [0.2, 0.25) is 10.0 Å². The second-order valence-electron chi connectivity index (χ2n) is 6.89. The van der Waals surface area contributed by atoms with Gasteiger partial charge in [0, 0.05) is 25.8 Å². The molecule has 0 bridgehead atoms. The Balaban J connectivity index is 1.45. The topological polar surface area (TPSA) is 108 Å². The lowest BCUT2D eigenvalue weighted by Gasteiger charge is -2.27. The van der Waals surface area contributed by atoms with Crippen molar-refractivity contribution in [2.24, 2.45) is 0 Å². The molecule has 146 valence electrons. The normalized spacial score (nSPS) is 16.8. The maximum atomic E-state index is 12.6. The molecule has 2 aromatic rings. The number of carbonyl (C=O) groups excluding carboxylic acids is 2. The van der Waals surface area contributed by atoms with Crippen LogP contribution in [-0.4, -0.2) is 38.3 Å². The van der Waals surface area contributed by atoms with Gasteiger partial charge in [-0.25, -0.2) is 18.1 Å². The van der Waals surface area contributed by atoms with Crippen molar-refractivity contribution in [2.45, 2.75) is 30.7 Å². The maximum absolute atomic E-state index is 12.6. The molecule has 0 aliphatic carbocycles. The van der Waals surface area contributed by atoms with Crippen LogP contribution in [0, 0.1) is 0 Å². The number of nitrogens with one attached hydrogen (secondary N) is 2. The van der Waals surface area contributed by atoms with Crippen molar-refractivity contribution in [3.05, 3.63) is 53.2 Å². The number of hydrogen-bond acceptors (Lipinski definition) is 6. The lowest BCUT2D eigenvalue weighted by molar-refractivity contribution is 0.0879. The summed E-state index contributed by atoms with van der Waals surface area (Å²) in [7, 11) is -3.83. The third kappa shape index (κ3) is 3.63. The van der Waals surface area contributed by atoms with Gasteiger partial charge >= 0.3 is 0 Å². The molecule has 1 saturated heterocycles. The summed E-state index contributed by atoms with van der Waals surface area (Å²) in [4.78, 5) is 29.9. The van der Waals surface area contributed by atoms with Gasteiger partial charge in [0.05, 0.1) is 16.0 Å². The van der Waals surface area contributed by atoms with Crippen LogP contribution in [0.3, 0.4) is 0 Å². The van der Waals surface area contributed by atoms with E-state index in [0.717, 1.165) is 37.3 Å². The first-order valence-corrected chi connectivity index (χ1v) is 10.6. The van der Waals surface area contributed by atoms with Crippen molar-refractivity contribution < 1.29 is 18.0 Å². The quantitative estimate of drug-likeness (QED) is 0.735. The fourth-order valence-electron chi connectivity index (χ4n) is 3.41. The minimum absolute atomic E-state index is 0.0611. The number of benzene rings is 1. The zero-order chi connectivity index (χ0) is 19.7. The molecule has 2 N–H and O–H groups in total. The van der Waals surface area contributed by atoms with Gasteiger partial charge in [-0.05, 0) is 49.1 Å². The largest absolute Gasteiger partial charge is 0.357 e. The highest BCUT2D eigenvalue weighted by atomic mass is 32.2. The van der Waals surface area contributed by atoms with Crippen molar-refractivity contribution in [3.63, 3.8) is 0 Å². The summed E-state index contributed by atoms with van der Waals surface area (Å²) >= 11 is 0. The molecule has 2 aliphatic heterocycles. The second-order valence-corrected chi connectivity index (χ2v) is 8.65. The van der Waals surface area contributed by atoms with E-state index in [2.05, 4.69) is 19.9 Å². The van der Waals surface area contributed by atoms with Crippen molar-refractivity contribution in [3.8, 4) is 0 Å². The lowest BCUT2D eigenvalue weighted by atomic mass is 10.1. The van der Waals surface area contributed by atoms with Gasteiger partial charge in [-0.3, -0.25) is 14.9 Å². The Labute approximate surface area is 163 Å². The van der Waals surface area contributed by atoms with Gasteiger partial charge in [-0.15, -0.1) is 0 Å². The average Bonchev–Trinajstić information content (AvgIpc) is 3.01. The van der Waals surface area contributed by atoms with Crippen LogP contribution < -0.4 is 14.9 Å². The Morgan fingerprint density at radius 2 is 1.75 bits per heavy atom. The standard InChI is InChI=1S/C19H20N4O4S/c24-18-15-6-5-14(10-16(15)19(25)22-18)28(26,27)21-12-13-4-7-17(20-11-13)23-8-2-1-3-9-23/h4-7,10-11,21H,1-3,8-9,12H2,(H,22,24,25). The number of rotatable bonds is 5. The molecule has 3 heterocycles. The highest BCUT2D eigenvalue weighted by Crippen LogP contribution is 2.21. The van der Waals surface area contributed by atoms with E-state index in [0.29, 0.717) is 0 Å². The molecule has 0 atom stereocenters. The summed E-state index contributed by atoms with van der Waals surface area (Å²) in [5.74, 6) is -0.202. The van der Waals surface area contributed by atoms with Crippen LogP contribution in [0.1, 0.15) is 45.5 Å². The summed E-state index contributed by atoms with van der Waals surface area (Å²) in [6, 6.07) is 7.64. The second kappa shape index (κ2) is 7.33. The Bertz CT molecular complexity index is 1030. The van der Waals surface area contributed by atoms with E-state index in [1.165, 1.54) is 24.6 Å². The van der Waals surface area contributed by atoms with E-state index in [4.69, 9.17) is 0 Å². The molecule has 28 heavy (non-hydrogen) atoms. The molecular formula is C19H20N4O4S. The number of nitrogens with zero attached hydrogens (tertiary/aromatic N) is 2. The molecule has 1 aromatic carbocycles. The summed E-state index contributed by atoms with van der Waals surface area (Å²) in [5, 5.41) is 2.15. The summed E-state index contributed by atoms with van der Waals surface area (Å²) in [6.45, 7) is 2.07. The van der Waals surface area contributed by atoms with E-state index < -0.39 is 21.8 Å². The third-order valence-electron chi connectivity index (χ3n) is 4.97. The van der Waals surface area contributed by atoms with E-state index >= 15 is 0 Å². The van der Waals surface area contributed by atoms with Gasteiger partial charge in [0.15, 0.2) is 0 Å². The molecule has 4 rings (SSSR count). The number of aromatic nitrogens is 1. The number of amides is 2. The first kappa shape index (κ1) is 18.6. The van der Waals surface area contributed by atoms with Gasteiger partial charge in [-0.1, -0.05) is 6.07 Å². The van der Waals surface area contributed by atoms with Crippen LogP contribution in [0.4, 0.5) is 5.82 Å². The van der Waals surface area contributed by atoms with Crippen molar-refractivity contribution in [1.82, 2.24) is 15.0 Å². The van der Waals surface area contributed by atoms with E-state index in [1.54, 1.807) is 6.20 Å². The van der Waals surface area contributed by atoms with Crippen LogP contribution >= 0.6 is 0 Å². The SMILES string of the molecule is O=C1NC(=O)c2cc(S(=O)(=O)NCc3ccc(N4CCCCC4)nc3)ccc21. The van der Waals surface area contributed by atoms with Crippen molar-refractivity contribution in [2.75, 3.05) is 18.0 Å². The number of pyridine rings is 1. The first-order valence-electron chi connectivity index (χ1n) is 9.13. The van der Waals surface area contributed by atoms with Crippen molar-refractivity contribution >= 4 is 27.7 Å². The summed E-state index contributed by atoms with van der Waals surface area (Å²) in [5.41, 5.74) is 0.986. The number of piperidine rings is 1. The smallest absolute Gasteiger partial charge is 0.258 e. The Kier molecular flexibility index (Phi) is 4.86. The Morgan fingerprint density at radius 1 is 1.00 bits per heavy atom. The third-order valence-corrected chi connectivity index (χ3v) is 6.37. The van der Waals surface area contributed by atoms with Gasteiger partial charge in [-0.2, -0.15) is 0 Å². The van der Waals surface area contributed by atoms with Crippen LogP contribution in [0.5, 0.6) is 0 Å². The lowest BCUT2D eigenvalue weighted by Crippen LogP contribution is -2.30. The molecule has 2 amide bonds. The molecule has 0 saturated carbocycles. The van der Waals surface area contributed by atoms with Crippen LogP contribution in [0.2, 0.25) is 0 Å². The molecule has 1 fully saturated rings. The van der Waals surface area contributed by atoms with Crippen LogP contribution in [0.15, 0.2) is 41.4 Å². The number of carbonyl (C=O) groups is 2. The number of sulfonamides is 1. The fraction of sp³-hybridized carbons (Fsp3) is 0.316. The van der Waals surface area contributed by atoms with Gasteiger partial charge in [0.25, 0.3) is 11.8 Å². The van der Waals surface area contributed by atoms with Gasteiger partial charge in [0.1, 0.15) is 5.82 Å². The predicted molar refractivity (Wildman–Crippen MR) is 103 cm³/mol. The molecule has 1 aromatic heterocycles. The molecular weight excluding hydrogens is 380 g/mol. The minimum atomic E-state index is -3.83. The first-order chi connectivity index (χ1) is 13.4. The number of fused-ring (bicyclic) bond motifs is 1. The molecule has 9 heteroatoms. The summed E-state index contributed by atoms with van der Waals surface area (Å²) < 4.78 is 27.6. The fourth-order valence-corrected chi connectivity index (χ4v) is 4.45. The summed E-state index contributed by atoms with van der Waals surface area (Å²) in [6.07, 6.45) is 5.23. The highest BCUT2D eigenvalue weighted by molar-refractivity contribution is 7.89. The highest BCUT2D eigenvalue weighted by Gasteiger charge is 2.28. The van der Waals surface area contributed by atoms with Crippen LogP contribution in [-0.2, 0) is 16.6 Å². The minimum Gasteiger partial charge on any atom is -0.357 e. The monoisotopic (exact) mass is 400 g/mol. The predicted octanol–water partition coefficient (Wildman–Crippen LogP) is 1.43. The molecule has 2 aliphatic rings. The Hall–Kier alpha value is -2.78. The zero-order valence-electron chi connectivity index (χ0n) is 15.1. The van der Waals surface area contributed by atoms with Crippen molar-refractivity contribution in [1.29, 1.82) is 0 Å². The number of imide groups is 1. The number of hydrogen-bond donors (Lipinski definition) is 2. The van der Waals surface area contributed by atoms with Crippen LogP contribution in [0.25, 0.3) is 0 Å². The Morgan fingerprint density at radius 3 is 2.46 bits per heavy atom.